The minimum atomic E-state index is 0.609. The van der Waals surface area contributed by atoms with Gasteiger partial charge in [-0.3, -0.25) is 4.68 Å². The molecule has 2 rings (SSSR count). The molecule has 0 aliphatic carbocycles. The van der Waals surface area contributed by atoms with Crippen molar-refractivity contribution >= 4 is 28.9 Å². The fraction of sp³-hybridized carbons (Fsp3) is 0.357. The number of rotatable bonds is 4. The lowest BCUT2D eigenvalue weighted by atomic mass is 10.2. The summed E-state index contributed by atoms with van der Waals surface area (Å²) in [5, 5.41) is 9.19. The first-order valence-corrected chi connectivity index (χ1v) is 7.01. The van der Waals surface area contributed by atoms with E-state index in [1.54, 1.807) is 0 Å². The molecule has 0 aliphatic rings. The number of para-hydroxylation sites is 1. The first-order chi connectivity index (χ1) is 9.04. The molecule has 19 heavy (non-hydrogen) atoms. The molecule has 2 aromatic rings. The van der Waals surface area contributed by atoms with E-state index in [0.717, 1.165) is 39.2 Å². The lowest BCUT2D eigenvalue weighted by Crippen LogP contribution is -2.09. The fourth-order valence-corrected chi connectivity index (χ4v) is 2.56. The summed E-state index contributed by atoms with van der Waals surface area (Å²) in [6, 6.07) is 5.84. The van der Waals surface area contributed by atoms with Gasteiger partial charge in [-0.1, -0.05) is 35.3 Å². The van der Waals surface area contributed by atoms with Gasteiger partial charge in [0.1, 0.15) is 0 Å². The van der Waals surface area contributed by atoms with Crippen LogP contribution in [-0.2, 0) is 13.1 Å². The van der Waals surface area contributed by atoms with E-state index in [2.05, 4.69) is 10.4 Å². The molecule has 1 aromatic carbocycles. The van der Waals surface area contributed by atoms with Crippen molar-refractivity contribution < 1.29 is 0 Å². The number of aromatic nitrogens is 2. The maximum absolute atomic E-state index is 6.28. The molecule has 1 aromatic heterocycles. The van der Waals surface area contributed by atoms with Gasteiger partial charge >= 0.3 is 0 Å². The average Bonchev–Trinajstić information content (AvgIpc) is 2.65. The molecule has 0 spiro atoms. The van der Waals surface area contributed by atoms with E-state index in [0.29, 0.717) is 6.54 Å². The number of hydrogen-bond acceptors (Lipinski definition) is 2. The molecule has 0 atom stereocenters. The monoisotopic (exact) mass is 297 g/mol. The summed E-state index contributed by atoms with van der Waals surface area (Å²) in [5.74, 6) is 0. The van der Waals surface area contributed by atoms with Gasteiger partial charge in [-0.25, -0.2) is 0 Å². The van der Waals surface area contributed by atoms with Crippen LogP contribution in [0.5, 0.6) is 0 Å². The van der Waals surface area contributed by atoms with Gasteiger partial charge in [-0.05, 0) is 32.4 Å². The molecule has 0 amide bonds. The Bertz CT molecular complexity index is 570. The van der Waals surface area contributed by atoms with Crippen LogP contribution < -0.4 is 5.32 Å². The van der Waals surface area contributed by atoms with E-state index < -0.39 is 0 Å². The molecule has 5 heteroatoms. The first-order valence-electron chi connectivity index (χ1n) is 6.25. The van der Waals surface area contributed by atoms with Crippen molar-refractivity contribution in [1.82, 2.24) is 9.78 Å². The highest BCUT2D eigenvalue weighted by Crippen LogP contribution is 2.27. The van der Waals surface area contributed by atoms with Gasteiger partial charge < -0.3 is 5.32 Å². The lowest BCUT2D eigenvalue weighted by molar-refractivity contribution is 0.623. The van der Waals surface area contributed by atoms with Crippen LogP contribution in [0.15, 0.2) is 18.2 Å². The summed E-state index contributed by atoms with van der Waals surface area (Å²) < 4.78 is 1.91. The van der Waals surface area contributed by atoms with Crippen molar-refractivity contribution in [1.29, 1.82) is 0 Å². The van der Waals surface area contributed by atoms with Gasteiger partial charge in [0.25, 0.3) is 0 Å². The van der Waals surface area contributed by atoms with Gasteiger partial charge in [0.2, 0.25) is 0 Å². The normalized spacial score (nSPS) is 10.8. The van der Waals surface area contributed by atoms with E-state index in [1.807, 2.05) is 43.7 Å². The molecule has 0 aliphatic heterocycles. The molecule has 3 nitrogen and oxygen atoms in total. The number of halogens is 2. The minimum Gasteiger partial charge on any atom is -0.378 e. The Morgan fingerprint density at radius 2 is 2.00 bits per heavy atom. The third-order valence-electron chi connectivity index (χ3n) is 3.11. The molecular weight excluding hydrogens is 281 g/mol. The van der Waals surface area contributed by atoms with Crippen molar-refractivity contribution in [3.8, 4) is 0 Å². The molecule has 0 saturated carbocycles. The van der Waals surface area contributed by atoms with Crippen molar-refractivity contribution in [2.45, 2.75) is 33.9 Å². The van der Waals surface area contributed by atoms with Crippen LogP contribution in [-0.4, -0.2) is 9.78 Å². The SMILES string of the molecule is CCn1nc(C)c(Cl)c1CNc1c(C)cccc1Cl. The topological polar surface area (TPSA) is 29.9 Å². The Labute approximate surface area is 123 Å². The Hall–Kier alpha value is -1.19. The highest BCUT2D eigenvalue weighted by Gasteiger charge is 2.13. The van der Waals surface area contributed by atoms with E-state index in [4.69, 9.17) is 23.2 Å². The molecule has 1 heterocycles. The van der Waals surface area contributed by atoms with Crippen LogP contribution in [0, 0.1) is 13.8 Å². The molecule has 1 N–H and O–H groups in total. The number of anilines is 1. The predicted octanol–water partition coefficient (Wildman–Crippen LogP) is 4.44. The van der Waals surface area contributed by atoms with Crippen molar-refractivity contribution in [2.75, 3.05) is 5.32 Å². The van der Waals surface area contributed by atoms with Crippen molar-refractivity contribution in [2.24, 2.45) is 0 Å². The van der Waals surface area contributed by atoms with Crippen LogP contribution in [0.4, 0.5) is 5.69 Å². The maximum atomic E-state index is 6.28. The van der Waals surface area contributed by atoms with Crippen molar-refractivity contribution in [3.05, 3.63) is 45.2 Å². The summed E-state index contributed by atoms with van der Waals surface area (Å²) in [6.07, 6.45) is 0. The highest BCUT2D eigenvalue weighted by atomic mass is 35.5. The van der Waals surface area contributed by atoms with E-state index in [1.165, 1.54) is 0 Å². The highest BCUT2D eigenvalue weighted by molar-refractivity contribution is 6.33. The molecule has 0 fully saturated rings. The van der Waals surface area contributed by atoms with Crippen LogP contribution in [0.2, 0.25) is 10.0 Å². The Balaban J connectivity index is 2.24. The number of nitrogens with zero attached hydrogens (tertiary/aromatic N) is 2. The van der Waals surface area contributed by atoms with Gasteiger partial charge in [-0.2, -0.15) is 5.10 Å². The molecule has 0 unspecified atom stereocenters. The third-order valence-corrected chi connectivity index (χ3v) is 3.91. The zero-order valence-electron chi connectivity index (χ0n) is 11.3. The second-order valence-electron chi connectivity index (χ2n) is 4.45. The summed E-state index contributed by atoms with van der Waals surface area (Å²) in [6.45, 7) is 7.40. The molecular formula is C14H17Cl2N3. The summed E-state index contributed by atoms with van der Waals surface area (Å²) in [5.41, 5.74) is 3.90. The van der Waals surface area contributed by atoms with Gasteiger partial charge in [0.05, 0.1) is 33.7 Å². The first kappa shape index (κ1) is 14.2. The molecule has 0 saturated heterocycles. The summed E-state index contributed by atoms with van der Waals surface area (Å²) >= 11 is 12.5. The van der Waals surface area contributed by atoms with Crippen LogP contribution in [0.1, 0.15) is 23.9 Å². The van der Waals surface area contributed by atoms with Crippen LogP contribution in [0.25, 0.3) is 0 Å². The Morgan fingerprint density at radius 1 is 1.26 bits per heavy atom. The van der Waals surface area contributed by atoms with Gasteiger partial charge in [0.15, 0.2) is 0 Å². The lowest BCUT2D eigenvalue weighted by Gasteiger charge is -2.12. The third kappa shape index (κ3) is 2.88. The summed E-state index contributed by atoms with van der Waals surface area (Å²) in [4.78, 5) is 0. The number of benzene rings is 1. The smallest absolute Gasteiger partial charge is 0.0865 e. The van der Waals surface area contributed by atoms with Gasteiger partial charge in [-0.15, -0.1) is 0 Å². The number of nitrogens with one attached hydrogen (secondary N) is 1. The Morgan fingerprint density at radius 3 is 2.63 bits per heavy atom. The predicted molar refractivity (Wildman–Crippen MR) is 81.2 cm³/mol. The molecule has 0 bridgehead atoms. The second-order valence-corrected chi connectivity index (χ2v) is 5.23. The zero-order valence-corrected chi connectivity index (χ0v) is 12.8. The van der Waals surface area contributed by atoms with Crippen LogP contribution >= 0.6 is 23.2 Å². The molecule has 102 valence electrons. The quantitative estimate of drug-likeness (QED) is 0.904. The number of hydrogen-bond donors (Lipinski definition) is 1. The molecule has 0 radical (unpaired) electrons. The number of aryl methyl sites for hydroxylation is 3. The van der Waals surface area contributed by atoms with Gasteiger partial charge in [0, 0.05) is 6.54 Å². The van der Waals surface area contributed by atoms with E-state index >= 15 is 0 Å². The van der Waals surface area contributed by atoms with E-state index in [-0.39, 0.29) is 0 Å². The average molecular weight is 298 g/mol. The van der Waals surface area contributed by atoms with E-state index in [9.17, 15) is 0 Å². The fourth-order valence-electron chi connectivity index (χ4n) is 2.07. The maximum Gasteiger partial charge on any atom is 0.0865 e. The van der Waals surface area contributed by atoms with Crippen molar-refractivity contribution in [3.63, 3.8) is 0 Å². The Kier molecular flexibility index (Phi) is 4.38. The largest absolute Gasteiger partial charge is 0.378 e. The minimum absolute atomic E-state index is 0.609. The second kappa shape index (κ2) is 5.85. The standard InChI is InChI=1S/C14H17Cl2N3/c1-4-19-12(13(16)10(3)18-19)8-17-14-9(2)6-5-7-11(14)15/h5-7,17H,4,8H2,1-3H3. The summed E-state index contributed by atoms with van der Waals surface area (Å²) in [7, 11) is 0. The van der Waals surface area contributed by atoms with Crippen LogP contribution in [0.3, 0.4) is 0 Å². The zero-order chi connectivity index (χ0) is 14.0.